The van der Waals surface area contributed by atoms with Crippen molar-refractivity contribution in [3.05, 3.63) is 11.9 Å². The zero-order valence-electron chi connectivity index (χ0n) is 10.5. The molecular weight excluding hydrogens is 220 g/mol. The maximum atomic E-state index is 12.0. The second kappa shape index (κ2) is 4.83. The summed E-state index contributed by atoms with van der Waals surface area (Å²) in [7, 11) is 1.77. The molecule has 1 aromatic rings. The molecule has 94 valence electrons. The van der Waals surface area contributed by atoms with Gasteiger partial charge in [-0.05, 0) is 20.3 Å². The van der Waals surface area contributed by atoms with Gasteiger partial charge in [-0.1, -0.05) is 5.21 Å². The van der Waals surface area contributed by atoms with Crippen molar-refractivity contribution >= 4 is 5.91 Å². The van der Waals surface area contributed by atoms with Crippen LogP contribution in [0.5, 0.6) is 0 Å². The second-order valence-electron chi connectivity index (χ2n) is 4.61. The lowest BCUT2D eigenvalue weighted by molar-refractivity contribution is 0.0749. The van der Waals surface area contributed by atoms with Gasteiger partial charge in [-0.25, -0.2) is 4.68 Å². The molecule has 1 unspecified atom stereocenters. The van der Waals surface area contributed by atoms with Gasteiger partial charge in [-0.15, -0.1) is 5.10 Å². The Labute approximate surface area is 101 Å². The van der Waals surface area contributed by atoms with Crippen molar-refractivity contribution < 1.29 is 9.53 Å². The Bertz CT molecular complexity index is 396. The van der Waals surface area contributed by atoms with Crippen molar-refractivity contribution in [1.29, 1.82) is 0 Å². The third-order valence-corrected chi connectivity index (χ3v) is 3.10. The van der Waals surface area contributed by atoms with Crippen LogP contribution in [0.2, 0.25) is 0 Å². The van der Waals surface area contributed by atoms with E-state index in [-0.39, 0.29) is 18.0 Å². The van der Waals surface area contributed by atoms with Gasteiger partial charge in [0.25, 0.3) is 5.91 Å². The van der Waals surface area contributed by atoms with Crippen LogP contribution in [0.1, 0.15) is 36.8 Å². The van der Waals surface area contributed by atoms with Gasteiger partial charge in [-0.3, -0.25) is 4.79 Å². The molecule has 2 heterocycles. The molecule has 1 atom stereocenters. The summed E-state index contributed by atoms with van der Waals surface area (Å²) in [6, 6.07) is 0.371. The first kappa shape index (κ1) is 12.0. The number of rotatable bonds is 3. The zero-order chi connectivity index (χ0) is 12.4. The van der Waals surface area contributed by atoms with Crippen molar-refractivity contribution in [2.24, 2.45) is 0 Å². The highest BCUT2D eigenvalue weighted by molar-refractivity contribution is 5.91. The summed E-state index contributed by atoms with van der Waals surface area (Å²) < 4.78 is 7.01. The Morgan fingerprint density at radius 2 is 2.41 bits per heavy atom. The molecule has 0 bridgehead atoms. The summed E-state index contributed by atoms with van der Waals surface area (Å²) in [5.74, 6) is -0.0924. The smallest absolute Gasteiger partial charge is 0.276 e. The van der Waals surface area contributed by atoms with E-state index in [0.29, 0.717) is 12.3 Å². The number of aromatic nitrogens is 3. The number of hydrogen-bond acceptors (Lipinski definition) is 4. The van der Waals surface area contributed by atoms with Crippen LogP contribution in [-0.4, -0.2) is 52.1 Å². The molecule has 0 aromatic carbocycles. The zero-order valence-corrected chi connectivity index (χ0v) is 10.5. The molecular formula is C11H18N4O2. The highest BCUT2D eigenvalue weighted by Crippen LogP contribution is 2.17. The van der Waals surface area contributed by atoms with E-state index in [1.807, 2.05) is 13.8 Å². The average Bonchev–Trinajstić information content (AvgIpc) is 2.96. The number of amides is 1. The molecule has 0 spiro atoms. The van der Waals surface area contributed by atoms with Crippen molar-refractivity contribution in [3.8, 4) is 0 Å². The van der Waals surface area contributed by atoms with Crippen LogP contribution < -0.4 is 0 Å². The standard InChI is InChI=1S/C11H18N4O2/c1-8(2)14(3)11(16)10-6-15(13-12-10)9-4-5-17-7-9/h6,8-9H,4-5,7H2,1-3H3. The minimum atomic E-state index is -0.0924. The minimum Gasteiger partial charge on any atom is -0.379 e. The van der Waals surface area contributed by atoms with Crippen molar-refractivity contribution in [3.63, 3.8) is 0 Å². The largest absolute Gasteiger partial charge is 0.379 e. The van der Waals surface area contributed by atoms with Crippen LogP contribution in [0.25, 0.3) is 0 Å². The summed E-state index contributed by atoms with van der Waals surface area (Å²) in [5, 5.41) is 7.93. The Kier molecular flexibility index (Phi) is 3.42. The predicted molar refractivity (Wildman–Crippen MR) is 61.7 cm³/mol. The number of carbonyl (C=O) groups excluding carboxylic acids is 1. The molecule has 1 aliphatic rings. The normalized spacial score (nSPS) is 19.9. The van der Waals surface area contributed by atoms with Crippen LogP contribution in [-0.2, 0) is 4.74 Å². The van der Waals surface area contributed by atoms with E-state index in [4.69, 9.17) is 4.74 Å². The van der Waals surface area contributed by atoms with Crippen LogP contribution >= 0.6 is 0 Å². The topological polar surface area (TPSA) is 60.2 Å². The highest BCUT2D eigenvalue weighted by atomic mass is 16.5. The molecule has 1 aliphatic heterocycles. The lowest BCUT2D eigenvalue weighted by Crippen LogP contribution is -2.33. The molecule has 0 N–H and O–H groups in total. The number of nitrogens with zero attached hydrogens (tertiary/aromatic N) is 4. The maximum Gasteiger partial charge on any atom is 0.276 e. The molecule has 1 aromatic heterocycles. The molecule has 2 rings (SSSR count). The molecule has 0 saturated carbocycles. The summed E-state index contributed by atoms with van der Waals surface area (Å²) in [4.78, 5) is 13.6. The van der Waals surface area contributed by atoms with Gasteiger partial charge in [0, 0.05) is 19.7 Å². The maximum absolute atomic E-state index is 12.0. The van der Waals surface area contributed by atoms with Crippen LogP contribution in [0.3, 0.4) is 0 Å². The fraction of sp³-hybridized carbons (Fsp3) is 0.727. The minimum absolute atomic E-state index is 0.0924. The molecule has 1 amide bonds. The summed E-state index contributed by atoms with van der Waals surface area (Å²) in [5.41, 5.74) is 0.396. The van der Waals surface area contributed by atoms with E-state index in [1.54, 1.807) is 22.8 Å². The van der Waals surface area contributed by atoms with Gasteiger partial charge in [0.2, 0.25) is 0 Å². The number of carbonyl (C=O) groups is 1. The molecule has 17 heavy (non-hydrogen) atoms. The predicted octanol–water partition coefficient (Wildman–Crippen LogP) is 0.720. The molecule has 1 saturated heterocycles. The van der Waals surface area contributed by atoms with Gasteiger partial charge in [0.05, 0.1) is 18.8 Å². The highest BCUT2D eigenvalue weighted by Gasteiger charge is 2.22. The fourth-order valence-corrected chi connectivity index (χ4v) is 1.70. The van der Waals surface area contributed by atoms with Gasteiger partial charge < -0.3 is 9.64 Å². The molecule has 6 heteroatoms. The van der Waals surface area contributed by atoms with Gasteiger partial charge in [0.15, 0.2) is 5.69 Å². The fourth-order valence-electron chi connectivity index (χ4n) is 1.70. The van der Waals surface area contributed by atoms with Crippen molar-refractivity contribution in [1.82, 2.24) is 19.9 Å². The first-order valence-corrected chi connectivity index (χ1v) is 5.86. The van der Waals surface area contributed by atoms with Gasteiger partial charge in [0.1, 0.15) is 0 Å². The van der Waals surface area contributed by atoms with Crippen molar-refractivity contribution in [2.45, 2.75) is 32.4 Å². The van der Waals surface area contributed by atoms with Crippen LogP contribution in [0.15, 0.2) is 6.20 Å². The van der Waals surface area contributed by atoms with Gasteiger partial charge >= 0.3 is 0 Å². The summed E-state index contributed by atoms with van der Waals surface area (Å²) in [6.07, 6.45) is 2.64. The number of hydrogen-bond donors (Lipinski definition) is 0. The van der Waals surface area contributed by atoms with Crippen LogP contribution in [0.4, 0.5) is 0 Å². The number of ether oxygens (including phenoxy) is 1. The Morgan fingerprint density at radius 1 is 1.65 bits per heavy atom. The molecule has 0 radical (unpaired) electrons. The SMILES string of the molecule is CC(C)N(C)C(=O)c1cn(C2CCOC2)nn1. The van der Waals surface area contributed by atoms with E-state index < -0.39 is 0 Å². The van der Waals surface area contributed by atoms with E-state index >= 15 is 0 Å². The quantitative estimate of drug-likeness (QED) is 0.778. The molecule has 6 nitrogen and oxygen atoms in total. The summed E-state index contributed by atoms with van der Waals surface area (Å²) in [6.45, 7) is 5.33. The third kappa shape index (κ3) is 2.46. The first-order valence-electron chi connectivity index (χ1n) is 5.86. The van der Waals surface area contributed by atoms with E-state index in [9.17, 15) is 4.79 Å². The second-order valence-corrected chi connectivity index (χ2v) is 4.61. The van der Waals surface area contributed by atoms with Gasteiger partial charge in [-0.2, -0.15) is 0 Å². The Morgan fingerprint density at radius 3 is 3.00 bits per heavy atom. The Hall–Kier alpha value is -1.43. The van der Waals surface area contributed by atoms with E-state index in [1.165, 1.54) is 0 Å². The Balaban J connectivity index is 2.09. The molecule has 1 fully saturated rings. The molecule has 0 aliphatic carbocycles. The van der Waals surface area contributed by atoms with Crippen LogP contribution in [0, 0.1) is 0 Å². The first-order chi connectivity index (χ1) is 8.09. The van der Waals surface area contributed by atoms with E-state index in [0.717, 1.165) is 13.0 Å². The van der Waals surface area contributed by atoms with Crippen molar-refractivity contribution in [2.75, 3.05) is 20.3 Å². The summed E-state index contributed by atoms with van der Waals surface area (Å²) >= 11 is 0. The average molecular weight is 238 g/mol. The lowest BCUT2D eigenvalue weighted by Gasteiger charge is -2.19. The monoisotopic (exact) mass is 238 g/mol. The lowest BCUT2D eigenvalue weighted by atomic mass is 10.2. The third-order valence-electron chi connectivity index (χ3n) is 3.10. The van der Waals surface area contributed by atoms with E-state index in [2.05, 4.69) is 10.3 Å².